The summed E-state index contributed by atoms with van der Waals surface area (Å²) >= 11 is 6.06. The van der Waals surface area contributed by atoms with Crippen LogP contribution in [0.1, 0.15) is 48.7 Å². The highest BCUT2D eigenvalue weighted by molar-refractivity contribution is 6.29. The van der Waals surface area contributed by atoms with Crippen molar-refractivity contribution in [1.82, 2.24) is 9.97 Å². The number of hydrogen-bond acceptors (Lipinski definition) is 5. The molecule has 1 atom stereocenters. The summed E-state index contributed by atoms with van der Waals surface area (Å²) in [6.07, 6.45) is 2.19. The third-order valence-electron chi connectivity index (χ3n) is 3.95. The van der Waals surface area contributed by atoms with E-state index in [-0.39, 0.29) is 16.7 Å². The summed E-state index contributed by atoms with van der Waals surface area (Å²) in [5.41, 5.74) is 1.59. The van der Waals surface area contributed by atoms with Gasteiger partial charge in [-0.25, -0.2) is 9.97 Å². The van der Waals surface area contributed by atoms with Gasteiger partial charge in [-0.2, -0.15) is 0 Å². The van der Waals surface area contributed by atoms with Gasteiger partial charge in [-0.3, -0.25) is 10.1 Å². The van der Waals surface area contributed by atoms with E-state index in [1.165, 1.54) is 0 Å². The average molecular weight is 333 g/mol. The molecule has 0 aliphatic heterocycles. The van der Waals surface area contributed by atoms with Crippen LogP contribution in [0.15, 0.2) is 24.3 Å². The van der Waals surface area contributed by atoms with Gasteiger partial charge in [0.15, 0.2) is 0 Å². The quantitative estimate of drug-likeness (QED) is 0.498. The Morgan fingerprint density at radius 2 is 2.09 bits per heavy atom. The summed E-state index contributed by atoms with van der Waals surface area (Å²) in [5, 5.41) is 14.7. The molecule has 7 heteroatoms. The number of rotatable bonds is 5. The van der Waals surface area contributed by atoms with Crippen molar-refractivity contribution >= 4 is 23.1 Å². The van der Waals surface area contributed by atoms with Crippen LogP contribution < -0.4 is 5.32 Å². The van der Waals surface area contributed by atoms with Crippen molar-refractivity contribution < 1.29 is 4.92 Å². The molecule has 1 aromatic heterocycles. The molecule has 1 aromatic carbocycles. The lowest BCUT2D eigenvalue weighted by atomic mass is 10.0. The molecule has 1 N–H and O–H groups in total. The molecular formula is C16H17ClN4O2. The van der Waals surface area contributed by atoms with Crippen molar-refractivity contribution in [3.63, 3.8) is 0 Å². The minimum atomic E-state index is -0.363. The molecule has 0 saturated heterocycles. The van der Waals surface area contributed by atoms with Gasteiger partial charge in [0.1, 0.15) is 16.8 Å². The van der Waals surface area contributed by atoms with Gasteiger partial charge >= 0.3 is 0 Å². The second-order valence-electron chi connectivity index (χ2n) is 5.88. The summed E-state index contributed by atoms with van der Waals surface area (Å²) in [4.78, 5) is 19.5. The minimum Gasteiger partial charge on any atom is -0.363 e. The lowest BCUT2D eigenvalue weighted by Gasteiger charge is -2.16. The first-order valence-corrected chi connectivity index (χ1v) is 7.88. The molecule has 120 valence electrons. The molecule has 6 nitrogen and oxygen atoms in total. The van der Waals surface area contributed by atoms with Crippen molar-refractivity contribution in [3.05, 3.63) is 56.5 Å². The molecule has 1 heterocycles. The fourth-order valence-corrected chi connectivity index (χ4v) is 2.62. The molecule has 23 heavy (non-hydrogen) atoms. The van der Waals surface area contributed by atoms with Crippen molar-refractivity contribution in [2.75, 3.05) is 5.32 Å². The van der Waals surface area contributed by atoms with E-state index in [1.54, 1.807) is 25.1 Å². The summed E-state index contributed by atoms with van der Waals surface area (Å²) in [6, 6.07) is 6.77. The van der Waals surface area contributed by atoms with Crippen LogP contribution in [0, 0.1) is 17.0 Å². The molecule has 1 fully saturated rings. The largest absolute Gasteiger partial charge is 0.363 e. The first-order valence-electron chi connectivity index (χ1n) is 7.50. The monoisotopic (exact) mass is 332 g/mol. The van der Waals surface area contributed by atoms with E-state index >= 15 is 0 Å². The van der Waals surface area contributed by atoms with E-state index in [1.807, 2.05) is 13.0 Å². The number of nitrogens with one attached hydrogen (secondary N) is 1. The lowest BCUT2D eigenvalue weighted by Crippen LogP contribution is -2.10. The van der Waals surface area contributed by atoms with E-state index in [2.05, 4.69) is 15.3 Å². The zero-order chi connectivity index (χ0) is 16.6. The average Bonchev–Trinajstić information content (AvgIpc) is 3.31. The van der Waals surface area contributed by atoms with Crippen LogP contribution >= 0.6 is 11.6 Å². The maximum absolute atomic E-state index is 11.1. The Morgan fingerprint density at radius 3 is 2.74 bits per heavy atom. The molecule has 2 aromatic rings. The van der Waals surface area contributed by atoms with E-state index in [0.29, 0.717) is 22.5 Å². The van der Waals surface area contributed by atoms with E-state index in [9.17, 15) is 10.1 Å². The highest BCUT2D eigenvalue weighted by Crippen LogP contribution is 2.39. The molecule has 0 radical (unpaired) electrons. The Kier molecular flexibility index (Phi) is 4.17. The first-order chi connectivity index (χ1) is 10.9. The van der Waals surface area contributed by atoms with Gasteiger partial charge in [0.05, 0.1) is 11.0 Å². The standard InChI is InChI=1S/C16H17ClN4O2/c1-9-3-4-12(7-13(9)21(22)23)10(2)18-15-8-14(17)19-16(20-15)11-5-6-11/h3-4,7-8,10-11H,5-6H2,1-2H3,(H,18,19,20). The van der Waals surface area contributed by atoms with Gasteiger partial charge in [0, 0.05) is 23.6 Å². The second kappa shape index (κ2) is 6.12. The predicted molar refractivity (Wildman–Crippen MR) is 88.9 cm³/mol. The zero-order valence-electron chi connectivity index (χ0n) is 12.9. The summed E-state index contributed by atoms with van der Waals surface area (Å²) in [7, 11) is 0. The topological polar surface area (TPSA) is 81.0 Å². The molecule has 0 amide bonds. The summed E-state index contributed by atoms with van der Waals surface area (Å²) < 4.78 is 0. The number of nitro benzene ring substituents is 1. The molecular weight excluding hydrogens is 316 g/mol. The van der Waals surface area contributed by atoms with Crippen molar-refractivity contribution in [3.8, 4) is 0 Å². The van der Waals surface area contributed by atoms with Crippen LogP contribution in [-0.2, 0) is 0 Å². The third-order valence-corrected chi connectivity index (χ3v) is 4.14. The van der Waals surface area contributed by atoms with Crippen molar-refractivity contribution in [1.29, 1.82) is 0 Å². The van der Waals surface area contributed by atoms with Crippen LogP contribution in [-0.4, -0.2) is 14.9 Å². The molecule has 1 aliphatic carbocycles. The fourth-order valence-electron chi connectivity index (χ4n) is 2.43. The van der Waals surface area contributed by atoms with Crippen molar-refractivity contribution in [2.45, 2.75) is 38.6 Å². The van der Waals surface area contributed by atoms with Gasteiger partial charge in [-0.05, 0) is 32.3 Å². The van der Waals surface area contributed by atoms with E-state index in [0.717, 1.165) is 24.2 Å². The van der Waals surface area contributed by atoms with Gasteiger partial charge in [0.25, 0.3) is 5.69 Å². The van der Waals surface area contributed by atoms with Gasteiger partial charge < -0.3 is 5.32 Å². The Labute approximate surface area is 139 Å². The molecule has 1 aliphatic rings. The molecule has 0 spiro atoms. The Bertz CT molecular complexity index is 762. The Hall–Kier alpha value is -2.21. The number of nitrogens with zero attached hydrogens (tertiary/aromatic N) is 3. The van der Waals surface area contributed by atoms with Crippen LogP contribution in [0.5, 0.6) is 0 Å². The molecule has 1 saturated carbocycles. The number of benzene rings is 1. The lowest BCUT2D eigenvalue weighted by molar-refractivity contribution is -0.385. The molecule has 1 unspecified atom stereocenters. The van der Waals surface area contributed by atoms with Crippen LogP contribution in [0.2, 0.25) is 5.15 Å². The molecule has 3 rings (SSSR count). The molecule has 0 bridgehead atoms. The number of anilines is 1. The summed E-state index contributed by atoms with van der Waals surface area (Å²) in [6.45, 7) is 3.66. The Morgan fingerprint density at radius 1 is 1.35 bits per heavy atom. The maximum Gasteiger partial charge on any atom is 0.272 e. The normalized spacial score (nSPS) is 15.3. The Balaban J connectivity index is 1.83. The van der Waals surface area contributed by atoms with E-state index in [4.69, 9.17) is 11.6 Å². The van der Waals surface area contributed by atoms with Crippen molar-refractivity contribution in [2.24, 2.45) is 0 Å². The number of halogens is 1. The van der Waals surface area contributed by atoms with E-state index < -0.39 is 0 Å². The second-order valence-corrected chi connectivity index (χ2v) is 6.26. The zero-order valence-corrected chi connectivity index (χ0v) is 13.7. The fraction of sp³-hybridized carbons (Fsp3) is 0.375. The van der Waals surface area contributed by atoms with Crippen LogP contribution in [0.3, 0.4) is 0 Å². The smallest absolute Gasteiger partial charge is 0.272 e. The SMILES string of the molecule is Cc1ccc(C(C)Nc2cc(Cl)nc(C3CC3)n2)cc1[N+](=O)[O-]. The highest BCUT2D eigenvalue weighted by atomic mass is 35.5. The van der Waals surface area contributed by atoms with Crippen LogP contribution in [0.4, 0.5) is 11.5 Å². The third kappa shape index (κ3) is 3.59. The number of nitro groups is 1. The number of aryl methyl sites for hydroxylation is 1. The van der Waals surface area contributed by atoms with Crippen LogP contribution in [0.25, 0.3) is 0 Å². The first kappa shape index (κ1) is 15.7. The number of hydrogen-bond donors (Lipinski definition) is 1. The minimum absolute atomic E-state index is 0.121. The maximum atomic E-state index is 11.1. The van der Waals surface area contributed by atoms with Gasteiger partial charge in [-0.1, -0.05) is 23.7 Å². The number of aromatic nitrogens is 2. The van der Waals surface area contributed by atoms with Gasteiger partial charge in [0.2, 0.25) is 0 Å². The highest BCUT2D eigenvalue weighted by Gasteiger charge is 2.27. The summed E-state index contributed by atoms with van der Waals surface area (Å²) in [5.74, 6) is 1.81. The predicted octanol–water partition coefficient (Wildman–Crippen LogP) is 4.40. The van der Waals surface area contributed by atoms with Gasteiger partial charge in [-0.15, -0.1) is 0 Å².